The van der Waals surface area contributed by atoms with E-state index in [4.69, 9.17) is 25.7 Å². The molecule has 6 amide bonds. The normalized spacial score (nSPS) is 23.3. The molecule has 2 saturated heterocycles. The number of ether oxygens (including phenoxy) is 3. The molecule has 362 valence electrons. The van der Waals surface area contributed by atoms with Crippen molar-refractivity contribution in [2.24, 2.45) is 23.3 Å². The van der Waals surface area contributed by atoms with Gasteiger partial charge >= 0.3 is 6.09 Å². The first-order chi connectivity index (χ1) is 31.0. The van der Waals surface area contributed by atoms with Gasteiger partial charge in [-0.05, 0) is 115 Å². The third-order valence-corrected chi connectivity index (χ3v) is 11.2. The van der Waals surface area contributed by atoms with Gasteiger partial charge in [-0.15, -0.1) is 0 Å². The highest BCUT2D eigenvalue weighted by Gasteiger charge is 2.34. The van der Waals surface area contributed by atoms with Gasteiger partial charge in [0.2, 0.25) is 29.5 Å². The van der Waals surface area contributed by atoms with Gasteiger partial charge in [-0.2, -0.15) is 0 Å². The van der Waals surface area contributed by atoms with E-state index in [0.29, 0.717) is 62.4 Å². The van der Waals surface area contributed by atoms with Crippen LogP contribution >= 0.6 is 0 Å². The number of aliphatic hydroxyl groups is 1. The van der Waals surface area contributed by atoms with Gasteiger partial charge in [0.1, 0.15) is 12.6 Å². The number of amides is 6. The number of hydrogen-bond acceptors (Lipinski definition) is 12. The number of carbonyl (C=O) groups excluding carboxylic acids is 6. The Morgan fingerprint density at radius 3 is 2.34 bits per heavy atom. The molecule has 2 aliphatic rings. The number of hydrazine groups is 1. The monoisotopic (exact) mass is 911 g/mol. The molecule has 2 aliphatic heterocycles. The summed E-state index contributed by atoms with van der Waals surface area (Å²) < 4.78 is 17.8. The molecule has 2 heterocycles. The molecular formula is C47H74N8O10. The summed E-state index contributed by atoms with van der Waals surface area (Å²) in [5.41, 5.74) is 17.9. The van der Waals surface area contributed by atoms with Crippen molar-refractivity contribution in [2.45, 2.75) is 154 Å². The summed E-state index contributed by atoms with van der Waals surface area (Å²) in [6, 6.07) is 5.60. The molecule has 11 N–H and O–H groups in total. The summed E-state index contributed by atoms with van der Waals surface area (Å²) in [4.78, 5) is 75.0. The van der Waals surface area contributed by atoms with Gasteiger partial charge in [0.05, 0.1) is 49.5 Å². The van der Waals surface area contributed by atoms with Crippen LogP contribution in [0.3, 0.4) is 0 Å². The SMILES string of the molecule is CC(C=CC1CC(C)CC(CC(=O)NNC(=O)OCc2ccc(NC(=O)C(CCCN)NC(=O)CNC(=O)CCCCCN)cc2)O1)=CCC1OC(C)C(NC(=O)C=CC(C)O)CC1C. The molecule has 1 aromatic carbocycles. The molecule has 9 atom stereocenters. The molecule has 18 heteroatoms. The van der Waals surface area contributed by atoms with Crippen LogP contribution in [0, 0.1) is 11.8 Å². The molecule has 0 spiro atoms. The lowest BCUT2D eigenvalue weighted by molar-refractivity contribution is -0.128. The third-order valence-electron chi connectivity index (χ3n) is 11.2. The summed E-state index contributed by atoms with van der Waals surface area (Å²) in [7, 11) is 0. The number of rotatable bonds is 24. The minimum absolute atomic E-state index is 0.00788. The van der Waals surface area contributed by atoms with Crippen LogP contribution in [0.4, 0.5) is 10.5 Å². The van der Waals surface area contributed by atoms with E-state index in [9.17, 15) is 33.9 Å². The fourth-order valence-electron chi connectivity index (χ4n) is 7.54. The van der Waals surface area contributed by atoms with Crippen molar-refractivity contribution in [2.75, 3.05) is 25.0 Å². The van der Waals surface area contributed by atoms with Crippen LogP contribution in [0.15, 0.2) is 60.2 Å². The highest BCUT2D eigenvalue weighted by atomic mass is 16.6. The molecule has 3 rings (SSSR count). The molecule has 0 aromatic heterocycles. The molecule has 0 bridgehead atoms. The Labute approximate surface area is 383 Å². The maximum Gasteiger partial charge on any atom is 0.426 e. The van der Waals surface area contributed by atoms with E-state index in [2.05, 4.69) is 52.0 Å². The zero-order valence-corrected chi connectivity index (χ0v) is 38.8. The first-order valence-electron chi connectivity index (χ1n) is 22.9. The van der Waals surface area contributed by atoms with E-state index in [1.165, 1.54) is 12.2 Å². The van der Waals surface area contributed by atoms with E-state index in [-0.39, 0.29) is 67.8 Å². The molecule has 1 aromatic rings. The summed E-state index contributed by atoms with van der Waals surface area (Å²) >= 11 is 0. The van der Waals surface area contributed by atoms with E-state index in [1.807, 2.05) is 26.0 Å². The third kappa shape index (κ3) is 22.1. The number of aliphatic hydroxyl groups excluding tert-OH is 1. The van der Waals surface area contributed by atoms with E-state index < -0.39 is 36.0 Å². The lowest BCUT2D eigenvalue weighted by atomic mass is 9.88. The molecule has 2 fully saturated rings. The van der Waals surface area contributed by atoms with Crippen LogP contribution < -0.4 is 43.6 Å². The van der Waals surface area contributed by atoms with Crippen molar-refractivity contribution in [3.8, 4) is 0 Å². The minimum atomic E-state index is -0.869. The van der Waals surface area contributed by atoms with Crippen molar-refractivity contribution in [3.63, 3.8) is 0 Å². The number of unbranched alkanes of at least 4 members (excludes halogenated alkanes) is 2. The van der Waals surface area contributed by atoms with Gasteiger partial charge in [0.15, 0.2) is 0 Å². The standard InChI is InChI=1S/C47H74N8O10/c1-30(13-20-41-32(3)26-40(34(5)64-41)53-43(58)21-14-33(4)56)12-19-37-24-31(2)25-38(65-37)27-44(59)54-55-47(62)63-29-35-15-17-36(18-16-35)51-46(61)39(10-9-23-49)52-45(60)28-50-42(57)11-7-6-8-22-48/h12-19,21,31-34,37-41,56H,6-11,20,22-29,48-49H2,1-5H3,(H,50,57)(H,51,61)(H,52,60)(H,53,58)(H,54,59)(H,55,62). The van der Waals surface area contributed by atoms with Gasteiger partial charge in [0.25, 0.3) is 0 Å². The smallest absolute Gasteiger partial charge is 0.426 e. The topological polar surface area (TPSA) is 275 Å². The predicted octanol–water partition coefficient (Wildman–Crippen LogP) is 3.44. The highest BCUT2D eigenvalue weighted by molar-refractivity contribution is 5.97. The Hall–Kier alpha value is -5.14. The van der Waals surface area contributed by atoms with Gasteiger partial charge in [-0.25, -0.2) is 10.2 Å². The Bertz CT molecular complexity index is 1770. The minimum Gasteiger partial charge on any atom is -0.443 e. The number of benzene rings is 1. The molecule has 0 radical (unpaired) electrons. The Kier molecular flexibility index (Phi) is 24.5. The van der Waals surface area contributed by atoms with Crippen molar-refractivity contribution >= 4 is 41.3 Å². The molecule has 18 nitrogen and oxygen atoms in total. The zero-order chi connectivity index (χ0) is 47.7. The van der Waals surface area contributed by atoms with Crippen LogP contribution in [0.5, 0.6) is 0 Å². The number of hydrogen-bond donors (Lipinski definition) is 9. The average Bonchev–Trinajstić information content (AvgIpc) is 3.26. The fraction of sp³-hybridized carbons (Fsp3) is 0.617. The first kappa shape index (κ1) is 54.2. The van der Waals surface area contributed by atoms with Gasteiger partial charge in [-0.3, -0.25) is 29.4 Å². The maximum absolute atomic E-state index is 13.1. The van der Waals surface area contributed by atoms with Crippen molar-refractivity contribution in [1.29, 1.82) is 0 Å². The predicted molar refractivity (Wildman–Crippen MR) is 247 cm³/mol. The van der Waals surface area contributed by atoms with Crippen molar-refractivity contribution in [3.05, 3.63) is 65.8 Å². The number of allylic oxidation sites excluding steroid dienone is 2. The highest BCUT2D eigenvalue weighted by Crippen LogP contribution is 2.29. The van der Waals surface area contributed by atoms with Crippen LogP contribution in [-0.4, -0.2) is 103 Å². The summed E-state index contributed by atoms with van der Waals surface area (Å²) in [5, 5.41) is 20.4. The van der Waals surface area contributed by atoms with Crippen LogP contribution in [-0.2, 0) is 44.8 Å². The van der Waals surface area contributed by atoms with Crippen LogP contribution in [0.25, 0.3) is 0 Å². The molecule has 0 saturated carbocycles. The number of nitrogens with one attached hydrogen (secondary N) is 6. The fourth-order valence-corrected chi connectivity index (χ4v) is 7.54. The largest absolute Gasteiger partial charge is 0.443 e. The first-order valence-corrected chi connectivity index (χ1v) is 22.9. The summed E-state index contributed by atoms with van der Waals surface area (Å²) in [6.07, 6.45) is 13.3. The van der Waals surface area contributed by atoms with E-state index in [1.54, 1.807) is 31.2 Å². The number of nitrogens with two attached hydrogens (primary N) is 2. The van der Waals surface area contributed by atoms with E-state index >= 15 is 0 Å². The quantitative estimate of drug-likeness (QED) is 0.0313. The Balaban J connectivity index is 1.37. The second-order valence-electron chi connectivity index (χ2n) is 17.3. The van der Waals surface area contributed by atoms with Gasteiger partial charge in [-0.1, -0.05) is 62.3 Å². The van der Waals surface area contributed by atoms with Crippen molar-refractivity contribution in [1.82, 2.24) is 26.8 Å². The van der Waals surface area contributed by atoms with E-state index in [0.717, 1.165) is 37.7 Å². The molecule has 0 aliphatic carbocycles. The number of carbonyl (C=O) groups is 6. The lowest BCUT2D eigenvalue weighted by Crippen LogP contribution is -2.50. The molecule has 9 unspecified atom stereocenters. The van der Waals surface area contributed by atoms with Crippen LogP contribution in [0.2, 0.25) is 0 Å². The molecule has 65 heavy (non-hydrogen) atoms. The van der Waals surface area contributed by atoms with Crippen molar-refractivity contribution < 1.29 is 48.1 Å². The van der Waals surface area contributed by atoms with Gasteiger partial charge in [0, 0.05) is 18.2 Å². The lowest BCUT2D eigenvalue weighted by Gasteiger charge is -2.39. The van der Waals surface area contributed by atoms with Gasteiger partial charge < -0.3 is 52.1 Å². The summed E-state index contributed by atoms with van der Waals surface area (Å²) in [6.45, 7) is 10.3. The number of anilines is 1. The van der Waals surface area contributed by atoms with Crippen LogP contribution in [0.1, 0.15) is 111 Å². The zero-order valence-electron chi connectivity index (χ0n) is 38.8. The Morgan fingerprint density at radius 1 is 0.892 bits per heavy atom. The second kappa shape index (κ2) is 29.4. The summed E-state index contributed by atoms with van der Waals surface area (Å²) in [5.74, 6) is -1.32. The molecular weight excluding hydrogens is 837 g/mol. The Morgan fingerprint density at radius 2 is 1.63 bits per heavy atom. The average molecular weight is 911 g/mol. The maximum atomic E-state index is 13.1. The second-order valence-corrected chi connectivity index (χ2v) is 17.3.